The Morgan fingerprint density at radius 2 is 1.76 bits per heavy atom. The number of carbonyl (C=O) groups is 1. The molecule has 1 unspecified atom stereocenters. The molecule has 1 atom stereocenters. The summed E-state index contributed by atoms with van der Waals surface area (Å²) in [5.41, 5.74) is 1.58. The van der Waals surface area contributed by atoms with Crippen molar-refractivity contribution in [2.45, 2.75) is 32.2 Å². The number of carbonyl (C=O) groups excluding carboxylic acids is 1. The van der Waals surface area contributed by atoms with Crippen LogP contribution in [0.15, 0.2) is 35.5 Å². The first-order chi connectivity index (χ1) is 16.3. The molecule has 0 aliphatic carbocycles. The number of aromatic amines is 1. The standard InChI is InChI=1S/C24H29N3O7/c1-14-8-18(28)23(24(30)27(14)7-6-15-12-25-13-26-15)17(10-22(29)34-5)16-9-20(32-3)21(33-4)11-19(16)31-2/h8-9,11-13,17,28H,6-7,10H2,1-5H3,(H,25,26). The molecule has 0 spiro atoms. The summed E-state index contributed by atoms with van der Waals surface area (Å²) in [6.45, 7) is 2.10. The lowest BCUT2D eigenvalue weighted by molar-refractivity contribution is -0.140. The van der Waals surface area contributed by atoms with Crippen molar-refractivity contribution in [3.8, 4) is 23.0 Å². The number of H-pyrrole nitrogens is 1. The summed E-state index contributed by atoms with van der Waals surface area (Å²) in [6.07, 6.45) is 3.60. The molecule has 0 fully saturated rings. The lowest BCUT2D eigenvalue weighted by atomic mass is 9.87. The van der Waals surface area contributed by atoms with E-state index in [1.165, 1.54) is 34.5 Å². The van der Waals surface area contributed by atoms with Crippen molar-refractivity contribution in [1.29, 1.82) is 0 Å². The third-order valence-electron chi connectivity index (χ3n) is 5.74. The first-order valence-electron chi connectivity index (χ1n) is 10.6. The number of esters is 1. The molecule has 34 heavy (non-hydrogen) atoms. The Kier molecular flexibility index (Phi) is 7.83. The fourth-order valence-corrected chi connectivity index (χ4v) is 3.97. The first-order valence-corrected chi connectivity index (χ1v) is 10.6. The number of hydrogen-bond donors (Lipinski definition) is 2. The van der Waals surface area contributed by atoms with Crippen molar-refractivity contribution in [2.24, 2.45) is 0 Å². The van der Waals surface area contributed by atoms with Crippen LogP contribution in [-0.2, 0) is 22.5 Å². The number of nitrogens with zero attached hydrogens (tertiary/aromatic N) is 2. The van der Waals surface area contributed by atoms with E-state index in [0.29, 0.717) is 41.5 Å². The molecule has 2 aromatic heterocycles. The molecule has 0 saturated heterocycles. The van der Waals surface area contributed by atoms with Crippen LogP contribution in [0.3, 0.4) is 0 Å². The number of aryl methyl sites for hydroxylation is 2. The molecule has 10 nitrogen and oxygen atoms in total. The van der Waals surface area contributed by atoms with E-state index in [2.05, 4.69) is 9.97 Å². The van der Waals surface area contributed by atoms with Gasteiger partial charge in [0.25, 0.3) is 5.56 Å². The molecule has 3 aromatic rings. The van der Waals surface area contributed by atoms with Crippen LogP contribution >= 0.6 is 0 Å². The number of nitrogens with one attached hydrogen (secondary N) is 1. The third-order valence-corrected chi connectivity index (χ3v) is 5.74. The van der Waals surface area contributed by atoms with Gasteiger partial charge in [-0.15, -0.1) is 0 Å². The van der Waals surface area contributed by atoms with Crippen LogP contribution in [0, 0.1) is 6.92 Å². The van der Waals surface area contributed by atoms with Crippen LogP contribution in [0.4, 0.5) is 0 Å². The monoisotopic (exact) mass is 471 g/mol. The Morgan fingerprint density at radius 3 is 2.35 bits per heavy atom. The Labute approximate surface area is 197 Å². The smallest absolute Gasteiger partial charge is 0.306 e. The molecule has 3 rings (SSSR count). The molecule has 0 aliphatic heterocycles. The predicted octanol–water partition coefficient (Wildman–Crippen LogP) is 2.55. The summed E-state index contributed by atoms with van der Waals surface area (Å²) in [5.74, 6) is -0.454. The number of methoxy groups -OCH3 is 4. The Balaban J connectivity index is 2.19. The van der Waals surface area contributed by atoms with Gasteiger partial charge in [-0.3, -0.25) is 9.59 Å². The summed E-state index contributed by atoms with van der Waals surface area (Å²) in [4.78, 5) is 33.1. The van der Waals surface area contributed by atoms with Crippen molar-refractivity contribution in [3.05, 3.63) is 63.6 Å². The van der Waals surface area contributed by atoms with E-state index in [1.807, 2.05) is 0 Å². The van der Waals surface area contributed by atoms with Crippen LogP contribution in [0.1, 0.15) is 34.9 Å². The maximum atomic E-state index is 13.7. The van der Waals surface area contributed by atoms with Gasteiger partial charge in [-0.25, -0.2) is 4.98 Å². The zero-order valence-electron chi connectivity index (χ0n) is 19.9. The van der Waals surface area contributed by atoms with Gasteiger partial charge in [-0.2, -0.15) is 0 Å². The highest BCUT2D eigenvalue weighted by Gasteiger charge is 2.30. The number of pyridine rings is 1. The number of benzene rings is 1. The highest BCUT2D eigenvalue weighted by atomic mass is 16.5. The van der Waals surface area contributed by atoms with Gasteiger partial charge >= 0.3 is 5.97 Å². The number of aromatic nitrogens is 3. The van der Waals surface area contributed by atoms with E-state index in [4.69, 9.17) is 18.9 Å². The number of aromatic hydroxyl groups is 1. The van der Waals surface area contributed by atoms with Crippen LogP contribution in [0.2, 0.25) is 0 Å². The molecule has 10 heteroatoms. The van der Waals surface area contributed by atoms with Crippen LogP contribution in [0.5, 0.6) is 23.0 Å². The molecule has 0 aliphatic rings. The Bertz CT molecular complexity index is 1200. The SMILES string of the molecule is COC(=O)CC(c1cc(OC)c(OC)cc1OC)c1c(O)cc(C)n(CCc2cnc[nH]2)c1=O. The number of imidazole rings is 1. The summed E-state index contributed by atoms with van der Waals surface area (Å²) in [7, 11) is 5.71. The average molecular weight is 472 g/mol. The summed E-state index contributed by atoms with van der Waals surface area (Å²) in [6, 6.07) is 4.76. The van der Waals surface area contributed by atoms with Gasteiger partial charge in [0.1, 0.15) is 11.5 Å². The molecule has 0 saturated carbocycles. The van der Waals surface area contributed by atoms with E-state index in [0.717, 1.165) is 5.69 Å². The second-order valence-electron chi connectivity index (χ2n) is 7.65. The van der Waals surface area contributed by atoms with Crippen molar-refractivity contribution >= 4 is 5.97 Å². The molecule has 0 bridgehead atoms. The maximum absolute atomic E-state index is 13.7. The molecular formula is C24H29N3O7. The van der Waals surface area contributed by atoms with Crippen molar-refractivity contribution in [3.63, 3.8) is 0 Å². The molecule has 2 N–H and O–H groups in total. The quantitative estimate of drug-likeness (QED) is 0.432. The highest BCUT2D eigenvalue weighted by molar-refractivity contribution is 5.72. The van der Waals surface area contributed by atoms with Crippen molar-refractivity contribution in [1.82, 2.24) is 14.5 Å². The Morgan fingerprint density at radius 1 is 1.09 bits per heavy atom. The highest BCUT2D eigenvalue weighted by Crippen LogP contribution is 2.42. The fraction of sp³-hybridized carbons (Fsp3) is 0.375. The second-order valence-corrected chi connectivity index (χ2v) is 7.65. The number of hydrogen-bond acceptors (Lipinski definition) is 8. The summed E-state index contributed by atoms with van der Waals surface area (Å²) in [5, 5.41) is 10.9. The second kappa shape index (κ2) is 10.8. The summed E-state index contributed by atoms with van der Waals surface area (Å²) >= 11 is 0. The minimum atomic E-state index is -0.867. The van der Waals surface area contributed by atoms with E-state index in [9.17, 15) is 14.7 Å². The van der Waals surface area contributed by atoms with Crippen molar-refractivity contribution in [2.75, 3.05) is 28.4 Å². The van der Waals surface area contributed by atoms with Gasteiger partial charge in [0.15, 0.2) is 11.5 Å². The van der Waals surface area contributed by atoms with E-state index >= 15 is 0 Å². The topological polar surface area (TPSA) is 125 Å². The minimum Gasteiger partial charge on any atom is -0.507 e. The molecule has 1 aromatic carbocycles. The molecule has 0 amide bonds. The van der Waals surface area contributed by atoms with Crippen LogP contribution in [0.25, 0.3) is 0 Å². The first kappa shape index (κ1) is 24.7. The zero-order valence-corrected chi connectivity index (χ0v) is 19.9. The molecular weight excluding hydrogens is 442 g/mol. The van der Waals surface area contributed by atoms with Gasteiger partial charge in [0, 0.05) is 48.1 Å². The van der Waals surface area contributed by atoms with Crippen LogP contribution < -0.4 is 19.8 Å². The molecule has 2 heterocycles. The fourth-order valence-electron chi connectivity index (χ4n) is 3.97. The number of rotatable bonds is 10. The Hall–Kier alpha value is -3.95. The van der Waals surface area contributed by atoms with Crippen molar-refractivity contribution < 1.29 is 28.8 Å². The van der Waals surface area contributed by atoms with Gasteiger partial charge in [0.2, 0.25) is 0 Å². The zero-order chi connectivity index (χ0) is 24.8. The summed E-state index contributed by atoms with van der Waals surface area (Å²) < 4.78 is 22.8. The normalized spacial score (nSPS) is 11.7. The lowest BCUT2D eigenvalue weighted by Crippen LogP contribution is -2.29. The molecule has 0 radical (unpaired) electrons. The van der Waals surface area contributed by atoms with Gasteiger partial charge in [-0.1, -0.05) is 0 Å². The third kappa shape index (κ3) is 5.00. The van der Waals surface area contributed by atoms with E-state index < -0.39 is 17.4 Å². The van der Waals surface area contributed by atoms with Crippen LogP contribution in [-0.4, -0.2) is 54.1 Å². The number of ether oxygens (including phenoxy) is 4. The minimum absolute atomic E-state index is 0.0612. The predicted molar refractivity (Wildman–Crippen MR) is 124 cm³/mol. The van der Waals surface area contributed by atoms with Gasteiger partial charge < -0.3 is 33.6 Å². The van der Waals surface area contributed by atoms with Gasteiger partial charge in [-0.05, 0) is 19.1 Å². The largest absolute Gasteiger partial charge is 0.507 e. The van der Waals surface area contributed by atoms with E-state index in [1.54, 1.807) is 36.1 Å². The lowest BCUT2D eigenvalue weighted by Gasteiger charge is -2.23. The maximum Gasteiger partial charge on any atom is 0.306 e. The van der Waals surface area contributed by atoms with Gasteiger partial charge in [0.05, 0.1) is 46.8 Å². The average Bonchev–Trinajstić information content (AvgIpc) is 3.35. The molecule has 182 valence electrons. The van der Waals surface area contributed by atoms with E-state index in [-0.39, 0.29) is 17.7 Å².